The average molecular weight is 214 g/mol. The summed E-state index contributed by atoms with van der Waals surface area (Å²) in [5.74, 6) is -0.472. The van der Waals surface area contributed by atoms with Crippen LogP contribution in [0.15, 0.2) is 23.2 Å². The van der Waals surface area contributed by atoms with Gasteiger partial charge in [0.2, 0.25) is 6.08 Å². The van der Waals surface area contributed by atoms with Gasteiger partial charge in [0.15, 0.2) is 0 Å². The number of rotatable bonds is 3. The lowest BCUT2D eigenvalue weighted by Crippen LogP contribution is -1.94. The molecule has 0 spiro atoms. The fourth-order valence-corrected chi connectivity index (χ4v) is 1.37. The Morgan fingerprint density at radius 1 is 1.64 bits per heavy atom. The van der Waals surface area contributed by atoms with Crippen molar-refractivity contribution in [2.45, 2.75) is 19.4 Å². The highest BCUT2D eigenvalue weighted by Crippen LogP contribution is 2.24. The Morgan fingerprint density at radius 2 is 2.36 bits per heavy atom. The van der Waals surface area contributed by atoms with Gasteiger partial charge in [-0.25, -0.2) is 9.18 Å². The Morgan fingerprint density at radius 3 is 2.86 bits per heavy atom. The maximum Gasteiger partial charge on any atom is 0.235 e. The molecular formula is C10H9ClFNO. The first-order valence-electron chi connectivity index (χ1n) is 4.21. The number of hydrogen-bond acceptors (Lipinski definition) is 2. The number of nitrogens with zero attached hydrogens (tertiary/aromatic N) is 1. The predicted octanol–water partition coefficient (Wildman–Crippen LogP) is 3.27. The molecule has 1 aromatic rings. The second-order valence-corrected chi connectivity index (χ2v) is 3.23. The van der Waals surface area contributed by atoms with Gasteiger partial charge in [-0.2, -0.15) is 4.99 Å². The monoisotopic (exact) mass is 213 g/mol. The summed E-state index contributed by atoms with van der Waals surface area (Å²) in [7, 11) is 0. The van der Waals surface area contributed by atoms with Crippen LogP contribution in [-0.4, -0.2) is 6.08 Å². The lowest BCUT2D eigenvalue weighted by Gasteiger charge is -2.08. The first kappa shape index (κ1) is 10.9. The van der Waals surface area contributed by atoms with Crippen LogP contribution in [0.1, 0.15) is 24.9 Å². The third kappa shape index (κ3) is 2.41. The Labute approximate surface area is 86.4 Å². The van der Waals surface area contributed by atoms with Crippen LogP contribution in [0.2, 0.25) is 5.02 Å². The normalized spacial score (nSPS) is 11.9. The number of aliphatic imine (C=N–C) groups is 1. The SMILES string of the molecule is CC[C@@H](N=C=O)c1ccc(F)c(Cl)c1. The third-order valence-corrected chi connectivity index (χ3v) is 2.21. The molecule has 0 aliphatic heterocycles. The molecule has 2 nitrogen and oxygen atoms in total. The molecule has 0 N–H and O–H groups in total. The van der Waals surface area contributed by atoms with Crippen molar-refractivity contribution >= 4 is 17.7 Å². The van der Waals surface area contributed by atoms with Gasteiger partial charge in [-0.3, -0.25) is 0 Å². The molecule has 1 rings (SSSR count). The van der Waals surface area contributed by atoms with Crippen molar-refractivity contribution in [3.63, 3.8) is 0 Å². The zero-order valence-corrected chi connectivity index (χ0v) is 8.38. The molecule has 0 aliphatic rings. The number of isocyanates is 1. The Kier molecular flexibility index (Phi) is 3.81. The summed E-state index contributed by atoms with van der Waals surface area (Å²) in [5, 5.41) is 0.0436. The first-order chi connectivity index (χ1) is 6.69. The molecular weight excluding hydrogens is 205 g/mol. The van der Waals surface area contributed by atoms with E-state index in [4.69, 9.17) is 11.6 Å². The smallest absolute Gasteiger partial charge is 0.211 e. The van der Waals surface area contributed by atoms with Crippen molar-refractivity contribution in [3.8, 4) is 0 Å². The van der Waals surface area contributed by atoms with Crippen LogP contribution >= 0.6 is 11.6 Å². The van der Waals surface area contributed by atoms with Gasteiger partial charge < -0.3 is 0 Å². The zero-order valence-electron chi connectivity index (χ0n) is 7.63. The molecule has 0 fully saturated rings. The summed E-state index contributed by atoms with van der Waals surface area (Å²) in [6.07, 6.45) is 2.14. The van der Waals surface area contributed by atoms with Crippen molar-refractivity contribution < 1.29 is 9.18 Å². The molecule has 0 aromatic heterocycles. The summed E-state index contributed by atoms with van der Waals surface area (Å²) in [5.41, 5.74) is 0.724. The van der Waals surface area contributed by atoms with E-state index in [-0.39, 0.29) is 11.1 Å². The van der Waals surface area contributed by atoms with Crippen molar-refractivity contribution in [3.05, 3.63) is 34.6 Å². The van der Waals surface area contributed by atoms with E-state index in [0.717, 1.165) is 5.56 Å². The first-order valence-corrected chi connectivity index (χ1v) is 4.58. The van der Waals surface area contributed by atoms with Crippen molar-refractivity contribution in [2.24, 2.45) is 4.99 Å². The molecule has 4 heteroatoms. The predicted molar refractivity (Wildman–Crippen MR) is 52.6 cm³/mol. The van der Waals surface area contributed by atoms with E-state index in [1.165, 1.54) is 18.2 Å². The number of carbonyl (C=O) groups excluding carboxylic acids is 1. The molecule has 0 radical (unpaired) electrons. The van der Waals surface area contributed by atoms with Gasteiger partial charge in [-0.1, -0.05) is 24.6 Å². The summed E-state index contributed by atoms with van der Waals surface area (Å²) in [4.78, 5) is 13.7. The number of benzene rings is 1. The number of halogens is 2. The quantitative estimate of drug-likeness (QED) is 0.560. The second kappa shape index (κ2) is 4.89. The third-order valence-electron chi connectivity index (χ3n) is 1.92. The second-order valence-electron chi connectivity index (χ2n) is 2.82. The van der Waals surface area contributed by atoms with Gasteiger partial charge in [0.25, 0.3) is 0 Å². The molecule has 1 aromatic carbocycles. The molecule has 0 saturated carbocycles. The number of hydrogen-bond donors (Lipinski definition) is 0. The Bertz CT molecular complexity index is 374. The highest BCUT2D eigenvalue weighted by atomic mass is 35.5. The molecule has 0 unspecified atom stereocenters. The van der Waals surface area contributed by atoms with Crippen LogP contribution in [0.5, 0.6) is 0 Å². The van der Waals surface area contributed by atoms with Crippen LogP contribution in [0.4, 0.5) is 4.39 Å². The van der Waals surface area contributed by atoms with Crippen LogP contribution in [-0.2, 0) is 4.79 Å². The van der Waals surface area contributed by atoms with Gasteiger partial charge >= 0.3 is 0 Å². The van der Waals surface area contributed by atoms with Gasteiger partial charge in [-0.15, -0.1) is 0 Å². The van der Waals surface area contributed by atoms with E-state index in [9.17, 15) is 9.18 Å². The Balaban J connectivity index is 3.05. The van der Waals surface area contributed by atoms with E-state index >= 15 is 0 Å². The van der Waals surface area contributed by atoms with Crippen LogP contribution in [0, 0.1) is 5.82 Å². The van der Waals surface area contributed by atoms with E-state index in [0.29, 0.717) is 6.42 Å². The average Bonchev–Trinajstić information content (AvgIpc) is 2.19. The maximum atomic E-state index is 12.8. The van der Waals surface area contributed by atoms with E-state index in [1.807, 2.05) is 6.92 Å². The minimum absolute atomic E-state index is 0.0436. The summed E-state index contributed by atoms with van der Waals surface area (Å²) in [6.45, 7) is 1.88. The molecule has 0 heterocycles. The summed E-state index contributed by atoms with van der Waals surface area (Å²) < 4.78 is 12.8. The lowest BCUT2D eigenvalue weighted by atomic mass is 10.1. The lowest BCUT2D eigenvalue weighted by molar-refractivity contribution is 0.555. The minimum Gasteiger partial charge on any atom is -0.211 e. The highest BCUT2D eigenvalue weighted by Gasteiger charge is 2.09. The standard InChI is InChI=1S/C10H9ClFNO/c1-2-10(13-6-14)7-3-4-9(12)8(11)5-7/h3-5,10H,2H2,1H3/t10-/m1/s1. The zero-order chi connectivity index (χ0) is 10.6. The van der Waals surface area contributed by atoms with Crippen molar-refractivity contribution in [1.82, 2.24) is 0 Å². The van der Waals surface area contributed by atoms with Gasteiger partial charge in [0.1, 0.15) is 5.82 Å². The van der Waals surface area contributed by atoms with Gasteiger partial charge in [0.05, 0.1) is 11.1 Å². The Hall–Kier alpha value is -1.18. The molecule has 74 valence electrons. The maximum absolute atomic E-state index is 12.8. The minimum atomic E-state index is -0.472. The van der Waals surface area contributed by atoms with E-state index in [1.54, 1.807) is 6.07 Å². The fraction of sp³-hybridized carbons (Fsp3) is 0.300. The van der Waals surface area contributed by atoms with Crippen LogP contribution in [0.25, 0.3) is 0 Å². The van der Waals surface area contributed by atoms with Gasteiger partial charge in [-0.05, 0) is 24.1 Å². The van der Waals surface area contributed by atoms with E-state index < -0.39 is 5.82 Å². The van der Waals surface area contributed by atoms with Crippen LogP contribution in [0.3, 0.4) is 0 Å². The summed E-state index contributed by atoms with van der Waals surface area (Å²) >= 11 is 5.60. The van der Waals surface area contributed by atoms with Crippen LogP contribution < -0.4 is 0 Å². The topological polar surface area (TPSA) is 29.4 Å². The highest BCUT2D eigenvalue weighted by molar-refractivity contribution is 6.30. The van der Waals surface area contributed by atoms with E-state index in [2.05, 4.69) is 4.99 Å². The van der Waals surface area contributed by atoms with Crippen molar-refractivity contribution in [2.75, 3.05) is 0 Å². The summed E-state index contributed by atoms with van der Waals surface area (Å²) in [6, 6.07) is 4.02. The molecule has 0 aliphatic carbocycles. The fourth-order valence-electron chi connectivity index (χ4n) is 1.18. The molecule has 0 bridgehead atoms. The molecule has 14 heavy (non-hydrogen) atoms. The molecule has 0 amide bonds. The largest absolute Gasteiger partial charge is 0.235 e. The molecule has 1 atom stereocenters. The van der Waals surface area contributed by atoms with Crippen molar-refractivity contribution in [1.29, 1.82) is 0 Å². The van der Waals surface area contributed by atoms with Gasteiger partial charge in [0, 0.05) is 0 Å². The molecule has 0 saturated heterocycles.